The highest BCUT2D eigenvalue weighted by molar-refractivity contribution is 5.94. The fraction of sp³-hybridized carbons (Fsp3) is 0.528. The lowest BCUT2D eigenvalue weighted by Crippen LogP contribution is -2.30. The summed E-state index contributed by atoms with van der Waals surface area (Å²) in [5.74, 6) is 7.94. The highest BCUT2D eigenvalue weighted by Crippen LogP contribution is 2.48. The molecule has 2 unspecified atom stereocenters. The number of oxazole rings is 1. The Balaban J connectivity index is 1.60. The Hall–Kier alpha value is -3.45. The van der Waals surface area contributed by atoms with Gasteiger partial charge in [0.2, 0.25) is 0 Å². The lowest BCUT2D eigenvalue weighted by atomic mass is 9.72. The number of aromatic nitrogens is 4. The van der Waals surface area contributed by atoms with Crippen molar-refractivity contribution < 1.29 is 9.25 Å². The minimum Gasteiger partial charge on any atom is -0.441 e. The molecule has 0 bridgehead atoms. The summed E-state index contributed by atoms with van der Waals surface area (Å²) < 4.78 is 8.19. The molecule has 5 rings (SSSR count). The van der Waals surface area contributed by atoms with Gasteiger partial charge in [0.15, 0.2) is 17.2 Å². The third kappa shape index (κ3) is 5.64. The second-order valence-corrected chi connectivity index (χ2v) is 15.1. The number of allylic oxidation sites excluding steroid dienone is 2. The summed E-state index contributed by atoms with van der Waals surface area (Å²) in [7, 11) is 0. The van der Waals surface area contributed by atoms with E-state index in [4.69, 9.17) is 30.4 Å². The molecular weight excluding hydrogens is 534 g/mol. The minimum absolute atomic E-state index is 0.0170. The summed E-state index contributed by atoms with van der Waals surface area (Å²) in [6.45, 7) is 25.1. The van der Waals surface area contributed by atoms with Gasteiger partial charge in [-0.2, -0.15) is 5.90 Å². The molecule has 2 aromatic heterocycles. The first-order valence-electron chi connectivity index (χ1n) is 15.6. The molecule has 0 fully saturated rings. The molecule has 0 spiro atoms. The predicted molar refractivity (Wildman–Crippen MR) is 175 cm³/mol. The summed E-state index contributed by atoms with van der Waals surface area (Å²) in [6.07, 6.45) is 4.26. The highest BCUT2D eigenvalue weighted by Gasteiger charge is 2.37. The number of nitrogens with two attached hydrogens (primary N) is 1. The number of aryl methyl sites for hydroxylation is 1. The minimum atomic E-state index is -0.183. The van der Waals surface area contributed by atoms with Crippen molar-refractivity contribution in [1.82, 2.24) is 20.0 Å². The van der Waals surface area contributed by atoms with Gasteiger partial charge < -0.3 is 9.25 Å². The fourth-order valence-corrected chi connectivity index (χ4v) is 6.92. The molecule has 2 N–H and O–H groups in total. The van der Waals surface area contributed by atoms with Crippen molar-refractivity contribution in [2.75, 3.05) is 0 Å². The molecule has 2 atom stereocenters. The molecule has 1 aliphatic rings. The van der Waals surface area contributed by atoms with Crippen LogP contribution >= 0.6 is 0 Å². The van der Waals surface area contributed by atoms with Crippen LogP contribution in [0.25, 0.3) is 27.8 Å². The monoisotopic (exact) mass is 583 g/mol. The quantitative estimate of drug-likeness (QED) is 0.218. The average Bonchev–Trinajstić information content (AvgIpc) is 3.50. The lowest BCUT2D eigenvalue weighted by Gasteiger charge is -2.36. The fourth-order valence-electron chi connectivity index (χ4n) is 6.92. The molecule has 230 valence electrons. The number of para-hydroxylation sites is 1. The molecule has 1 aliphatic carbocycles. The van der Waals surface area contributed by atoms with Crippen LogP contribution < -0.4 is 10.7 Å². The number of rotatable bonds is 7. The standard InChI is InChI=1S/C36H49N5O2/c1-12-27(36(10,11)20-41-32-21(2)16-17-28(35(7,8)9)31(32)39-40-41)25-15-13-14-24(33(25)43-37)26-18-23(34(4,5)6)19-29-30(26)38-22(3)42-29/h13-15,17-19,21,27H,12,16,20,37H2,1-11H3. The van der Waals surface area contributed by atoms with Gasteiger partial charge in [-0.15, -0.1) is 5.10 Å². The summed E-state index contributed by atoms with van der Waals surface area (Å²) in [5, 5.41) is 9.46. The zero-order valence-electron chi connectivity index (χ0n) is 27.9. The molecule has 0 saturated heterocycles. The Labute approximate surface area is 256 Å². The molecule has 4 aromatic rings. The van der Waals surface area contributed by atoms with Gasteiger partial charge in [-0.3, -0.25) is 0 Å². The van der Waals surface area contributed by atoms with Crippen molar-refractivity contribution in [3.05, 3.63) is 64.8 Å². The van der Waals surface area contributed by atoms with E-state index in [-0.39, 0.29) is 22.2 Å². The summed E-state index contributed by atoms with van der Waals surface area (Å²) in [4.78, 5) is 10.6. The Kier molecular flexibility index (Phi) is 7.87. The molecule has 0 radical (unpaired) electrons. The van der Waals surface area contributed by atoms with Crippen molar-refractivity contribution in [1.29, 1.82) is 0 Å². The van der Waals surface area contributed by atoms with Crippen LogP contribution in [0.2, 0.25) is 0 Å². The van der Waals surface area contributed by atoms with Crippen LogP contribution in [0.15, 0.2) is 40.8 Å². The zero-order valence-corrected chi connectivity index (χ0v) is 27.9. The highest BCUT2D eigenvalue weighted by atomic mass is 16.6. The van der Waals surface area contributed by atoms with Gasteiger partial charge in [0.1, 0.15) is 11.2 Å². The molecule has 7 heteroatoms. The molecule has 0 saturated carbocycles. The van der Waals surface area contributed by atoms with Gasteiger partial charge in [-0.25, -0.2) is 9.67 Å². The molecule has 7 nitrogen and oxygen atoms in total. The maximum absolute atomic E-state index is 6.12. The number of benzene rings is 2. The van der Waals surface area contributed by atoms with Crippen LogP contribution in [-0.2, 0) is 12.0 Å². The zero-order chi connectivity index (χ0) is 31.5. The summed E-state index contributed by atoms with van der Waals surface area (Å²) in [5.41, 5.74) is 9.07. The van der Waals surface area contributed by atoms with E-state index in [2.05, 4.69) is 110 Å². The van der Waals surface area contributed by atoms with Crippen molar-refractivity contribution in [2.45, 2.75) is 113 Å². The van der Waals surface area contributed by atoms with Crippen LogP contribution in [0.3, 0.4) is 0 Å². The Morgan fingerprint density at radius 3 is 2.40 bits per heavy atom. The molecule has 2 aromatic carbocycles. The van der Waals surface area contributed by atoms with E-state index in [0.717, 1.165) is 52.9 Å². The number of hydrogen-bond acceptors (Lipinski definition) is 6. The van der Waals surface area contributed by atoms with Crippen LogP contribution in [-0.4, -0.2) is 20.0 Å². The molecule has 0 amide bonds. The van der Waals surface area contributed by atoms with Gasteiger partial charge in [0.25, 0.3) is 0 Å². The van der Waals surface area contributed by atoms with E-state index >= 15 is 0 Å². The van der Waals surface area contributed by atoms with Crippen LogP contribution in [0.4, 0.5) is 0 Å². The van der Waals surface area contributed by atoms with Gasteiger partial charge >= 0.3 is 0 Å². The normalized spacial score (nSPS) is 16.7. The van der Waals surface area contributed by atoms with Crippen molar-refractivity contribution >= 4 is 16.7 Å². The number of nitrogens with zero attached hydrogens (tertiary/aromatic N) is 4. The van der Waals surface area contributed by atoms with E-state index in [0.29, 0.717) is 17.6 Å². The first kappa shape index (κ1) is 31.0. The van der Waals surface area contributed by atoms with Gasteiger partial charge in [-0.1, -0.05) is 98.7 Å². The molecule has 43 heavy (non-hydrogen) atoms. The summed E-state index contributed by atoms with van der Waals surface area (Å²) >= 11 is 0. The van der Waals surface area contributed by atoms with E-state index < -0.39 is 0 Å². The molecular formula is C36H49N5O2. The average molecular weight is 584 g/mol. The lowest BCUT2D eigenvalue weighted by molar-refractivity contribution is 0.213. The van der Waals surface area contributed by atoms with E-state index in [9.17, 15) is 0 Å². The number of fused-ring (bicyclic) bond motifs is 2. The largest absolute Gasteiger partial charge is 0.441 e. The SMILES string of the molecule is CCC(c1cccc(-c2cc(C(C)(C)C)cc3oc(C)nc23)c1ON)C(C)(C)Cn1nnc2c1C(C)CC=C2C(C)(C)C. The van der Waals surface area contributed by atoms with Crippen LogP contribution in [0, 0.1) is 17.8 Å². The van der Waals surface area contributed by atoms with Crippen molar-refractivity contribution in [3.63, 3.8) is 0 Å². The Morgan fingerprint density at radius 1 is 1.05 bits per heavy atom. The molecule has 2 heterocycles. The van der Waals surface area contributed by atoms with E-state index in [1.165, 1.54) is 16.8 Å². The van der Waals surface area contributed by atoms with Gasteiger partial charge in [0.05, 0.1) is 5.69 Å². The Bertz CT molecular complexity index is 1680. The predicted octanol–water partition coefficient (Wildman–Crippen LogP) is 9.10. The van der Waals surface area contributed by atoms with Gasteiger partial charge in [0, 0.05) is 36.1 Å². The smallest absolute Gasteiger partial charge is 0.192 e. The van der Waals surface area contributed by atoms with Gasteiger partial charge in [-0.05, 0) is 58.3 Å². The van der Waals surface area contributed by atoms with Crippen molar-refractivity contribution in [2.24, 2.45) is 16.7 Å². The topological polar surface area (TPSA) is 92.0 Å². The van der Waals surface area contributed by atoms with E-state index in [1.54, 1.807) is 0 Å². The van der Waals surface area contributed by atoms with E-state index in [1.807, 2.05) is 6.92 Å². The Morgan fingerprint density at radius 2 is 1.77 bits per heavy atom. The second-order valence-electron chi connectivity index (χ2n) is 15.1. The third-order valence-corrected chi connectivity index (χ3v) is 9.18. The number of hydrogen-bond donors (Lipinski definition) is 1. The first-order chi connectivity index (χ1) is 20.1. The summed E-state index contributed by atoms with van der Waals surface area (Å²) in [6, 6.07) is 10.6. The van der Waals surface area contributed by atoms with Crippen molar-refractivity contribution in [3.8, 4) is 16.9 Å². The maximum atomic E-state index is 6.12. The van der Waals surface area contributed by atoms with Crippen LogP contribution in [0.1, 0.15) is 122 Å². The first-order valence-corrected chi connectivity index (χ1v) is 15.6. The third-order valence-electron chi connectivity index (χ3n) is 9.18. The van der Waals surface area contributed by atoms with Crippen LogP contribution in [0.5, 0.6) is 5.75 Å². The second kappa shape index (κ2) is 10.9. The maximum Gasteiger partial charge on any atom is 0.192 e. The molecule has 0 aliphatic heterocycles.